The Morgan fingerprint density at radius 2 is 1.59 bits per heavy atom. The molecule has 0 spiro atoms. The largest absolute Gasteiger partial charge is 0.322 e. The monoisotopic (exact) mass is 503 g/mol. The van der Waals surface area contributed by atoms with E-state index in [1.807, 2.05) is 56.3 Å². The van der Waals surface area contributed by atoms with Crippen LogP contribution in [0.1, 0.15) is 69.3 Å². The Kier molecular flexibility index (Phi) is 9.14. The Morgan fingerprint density at radius 1 is 0.919 bits per heavy atom. The molecule has 3 amide bonds. The molecule has 0 fully saturated rings. The summed E-state index contributed by atoms with van der Waals surface area (Å²) in [7, 11) is 0. The number of hydrogen-bond donors (Lipinski definition) is 2. The lowest BCUT2D eigenvalue weighted by atomic mass is 9.92. The second-order valence-corrected chi connectivity index (χ2v) is 10.8. The van der Waals surface area contributed by atoms with E-state index >= 15 is 0 Å². The molecule has 0 aliphatic carbocycles. The van der Waals surface area contributed by atoms with Crippen molar-refractivity contribution in [1.82, 2.24) is 14.7 Å². The van der Waals surface area contributed by atoms with Crippen LogP contribution in [0.3, 0.4) is 0 Å². The molecule has 3 aromatic rings. The fraction of sp³-hybridized carbons (Fsp3) is 0.433. The molecular formula is C30H41N5O2. The van der Waals surface area contributed by atoms with Gasteiger partial charge in [0.1, 0.15) is 12.4 Å². The summed E-state index contributed by atoms with van der Waals surface area (Å²) in [5.41, 5.74) is 5.65. The summed E-state index contributed by atoms with van der Waals surface area (Å²) in [4.78, 5) is 27.9. The highest BCUT2D eigenvalue weighted by atomic mass is 16.2. The second-order valence-electron chi connectivity index (χ2n) is 10.8. The molecule has 0 aliphatic heterocycles. The number of urea groups is 1. The van der Waals surface area contributed by atoms with E-state index in [-0.39, 0.29) is 23.9 Å². The number of carbonyl (C=O) groups excluding carboxylic acids is 2. The van der Waals surface area contributed by atoms with Crippen molar-refractivity contribution in [3.05, 3.63) is 70.9 Å². The van der Waals surface area contributed by atoms with Crippen LogP contribution in [0.15, 0.2) is 48.5 Å². The van der Waals surface area contributed by atoms with Crippen LogP contribution in [0.25, 0.3) is 5.69 Å². The van der Waals surface area contributed by atoms with Gasteiger partial charge in [-0.25, -0.2) is 9.48 Å². The van der Waals surface area contributed by atoms with Crippen molar-refractivity contribution >= 4 is 23.4 Å². The van der Waals surface area contributed by atoms with E-state index in [0.29, 0.717) is 18.1 Å². The van der Waals surface area contributed by atoms with Gasteiger partial charge >= 0.3 is 6.03 Å². The standard InChI is InChI=1S/C30H41N5O2/c1-8-9-10-17-34(29(37)31-24-14-11-21(2)12-15-24)20-28(36)32-27-19-26(30(5,6)7)33-35(27)25-16-13-22(3)18-23(25)4/h11-16,18-19H,8-10,17,20H2,1-7H3,(H,31,37)(H,32,36). The van der Waals surface area contributed by atoms with Crippen molar-refractivity contribution < 1.29 is 9.59 Å². The first-order chi connectivity index (χ1) is 17.5. The number of nitrogens with one attached hydrogen (secondary N) is 2. The lowest BCUT2D eigenvalue weighted by molar-refractivity contribution is -0.116. The predicted molar refractivity (Wildman–Crippen MR) is 152 cm³/mol. The molecular weight excluding hydrogens is 462 g/mol. The average Bonchev–Trinajstić information content (AvgIpc) is 3.24. The van der Waals surface area contributed by atoms with Crippen molar-refractivity contribution in [2.45, 2.75) is 73.1 Å². The summed E-state index contributed by atoms with van der Waals surface area (Å²) in [5, 5.41) is 10.8. The average molecular weight is 504 g/mol. The third-order valence-electron chi connectivity index (χ3n) is 6.28. The summed E-state index contributed by atoms with van der Waals surface area (Å²) in [6.07, 6.45) is 2.86. The molecule has 0 saturated carbocycles. The number of amides is 3. The van der Waals surface area contributed by atoms with Gasteiger partial charge in [-0.3, -0.25) is 4.79 Å². The van der Waals surface area contributed by atoms with Crippen LogP contribution in [0.4, 0.5) is 16.3 Å². The Hall–Kier alpha value is -3.61. The minimum Gasteiger partial charge on any atom is -0.315 e. The lowest BCUT2D eigenvalue weighted by Crippen LogP contribution is -2.41. The van der Waals surface area contributed by atoms with E-state index in [9.17, 15) is 9.59 Å². The molecule has 0 radical (unpaired) electrons. The maximum atomic E-state index is 13.3. The predicted octanol–water partition coefficient (Wildman–Crippen LogP) is 6.76. The molecule has 37 heavy (non-hydrogen) atoms. The fourth-order valence-electron chi connectivity index (χ4n) is 4.06. The van der Waals surface area contributed by atoms with E-state index in [2.05, 4.69) is 51.3 Å². The van der Waals surface area contributed by atoms with Gasteiger partial charge in [0.25, 0.3) is 0 Å². The van der Waals surface area contributed by atoms with E-state index in [4.69, 9.17) is 5.10 Å². The zero-order chi connectivity index (χ0) is 27.2. The molecule has 1 aromatic heterocycles. The van der Waals surface area contributed by atoms with Crippen LogP contribution in [0, 0.1) is 20.8 Å². The normalized spacial score (nSPS) is 11.3. The highest BCUT2D eigenvalue weighted by molar-refractivity contribution is 5.96. The Labute approximate surface area is 221 Å². The molecule has 0 unspecified atom stereocenters. The molecule has 1 heterocycles. The first kappa shape index (κ1) is 28.0. The van der Waals surface area contributed by atoms with E-state index in [1.54, 1.807) is 9.58 Å². The summed E-state index contributed by atoms with van der Waals surface area (Å²) in [5.74, 6) is 0.330. The first-order valence-corrected chi connectivity index (χ1v) is 13.1. The SMILES string of the molecule is CCCCCN(CC(=O)Nc1cc(C(C)(C)C)nn1-c1ccc(C)cc1C)C(=O)Nc1ccc(C)cc1. The van der Waals surface area contributed by atoms with Crippen LogP contribution in [0.2, 0.25) is 0 Å². The minimum absolute atomic E-state index is 0.0513. The van der Waals surface area contributed by atoms with Crippen molar-refractivity contribution in [3.63, 3.8) is 0 Å². The second kappa shape index (κ2) is 12.1. The summed E-state index contributed by atoms with van der Waals surface area (Å²) >= 11 is 0. The number of aromatic nitrogens is 2. The number of carbonyl (C=O) groups is 2. The minimum atomic E-state index is -0.284. The Balaban J connectivity index is 1.83. The Bertz CT molecular complexity index is 1220. The molecule has 7 heteroatoms. The van der Waals surface area contributed by atoms with Crippen molar-refractivity contribution in [3.8, 4) is 5.69 Å². The first-order valence-electron chi connectivity index (χ1n) is 13.1. The van der Waals surface area contributed by atoms with Gasteiger partial charge in [0.15, 0.2) is 0 Å². The molecule has 7 nitrogen and oxygen atoms in total. The van der Waals surface area contributed by atoms with Crippen LogP contribution >= 0.6 is 0 Å². The lowest BCUT2D eigenvalue weighted by Gasteiger charge is -2.23. The number of nitrogens with zero attached hydrogens (tertiary/aromatic N) is 3. The zero-order valence-corrected chi connectivity index (χ0v) is 23.3. The number of aryl methyl sites for hydroxylation is 3. The van der Waals surface area contributed by atoms with E-state index in [1.165, 1.54) is 0 Å². The molecule has 0 saturated heterocycles. The quantitative estimate of drug-likeness (QED) is 0.317. The van der Waals surface area contributed by atoms with E-state index in [0.717, 1.165) is 47.3 Å². The molecule has 0 aliphatic rings. The van der Waals surface area contributed by atoms with Gasteiger partial charge in [0, 0.05) is 23.7 Å². The van der Waals surface area contributed by atoms with Gasteiger partial charge in [0.2, 0.25) is 5.91 Å². The maximum absolute atomic E-state index is 13.3. The van der Waals surface area contributed by atoms with Crippen LogP contribution in [-0.4, -0.2) is 39.7 Å². The zero-order valence-electron chi connectivity index (χ0n) is 23.3. The molecule has 3 rings (SSSR count). The fourth-order valence-corrected chi connectivity index (χ4v) is 4.06. The topological polar surface area (TPSA) is 79.3 Å². The Morgan fingerprint density at radius 3 is 2.22 bits per heavy atom. The van der Waals surface area contributed by atoms with Gasteiger partial charge in [0.05, 0.1) is 11.4 Å². The molecule has 2 aromatic carbocycles. The molecule has 2 N–H and O–H groups in total. The van der Waals surface area contributed by atoms with E-state index < -0.39 is 0 Å². The number of rotatable bonds is 9. The van der Waals surface area contributed by atoms with Crippen molar-refractivity contribution in [2.24, 2.45) is 0 Å². The van der Waals surface area contributed by atoms with Gasteiger partial charge < -0.3 is 15.5 Å². The molecule has 198 valence electrons. The van der Waals surface area contributed by atoms with Gasteiger partial charge in [-0.05, 0) is 51.0 Å². The number of anilines is 2. The summed E-state index contributed by atoms with van der Waals surface area (Å²) in [6.45, 7) is 14.9. The van der Waals surface area contributed by atoms with Gasteiger partial charge in [-0.15, -0.1) is 0 Å². The number of hydrogen-bond acceptors (Lipinski definition) is 3. The maximum Gasteiger partial charge on any atom is 0.322 e. The smallest absolute Gasteiger partial charge is 0.315 e. The highest BCUT2D eigenvalue weighted by Crippen LogP contribution is 2.28. The van der Waals surface area contributed by atoms with Crippen molar-refractivity contribution in [1.29, 1.82) is 0 Å². The van der Waals surface area contributed by atoms with Crippen LogP contribution < -0.4 is 10.6 Å². The molecule has 0 atom stereocenters. The molecule has 0 bridgehead atoms. The van der Waals surface area contributed by atoms with Gasteiger partial charge in [-0.1, -0.05) is 75.9 Å². The number of benzene rings is 2. The number of unbranched alkanes of at least 4 members (excludes halogenated alkanes) is 2. The van der Waals surface area contributed by atoms with Gasteiger partial charge in [-0.2, -0.15) is 5.10 Å². The third kappa shape index (κ3) is 7.68. The third-order valence-corrected chi connectivity index (χ3v) is 6.28. The van der Waals surface area contributed by atoms with Crippen LogP contribution in [0.5, 0.6) is 0 Å². The van der Waals surface area contributed by atoms with Crippen molar-refractivity contribution in [2.75, 3.05) is 23.7 Å². The van der Waals surface area contributed by atoms with Crippen LogP contribution in [-0.2, 0) is 10.2 Å². The highest BCUT2D eigenvalue weighted by Gasteiger charge is 2.23. The summed E-state index contributed by atoms with van der Waals surface area (Å²) < 4.78 is 1.79. The summed E-state index contributed by atoms with van der Waals surface area (Å²) in [6, 6.07) is 15.4.